The predicted octanol–water partition coefficient (Wildman–Crippen LogP) is 6.08. The normalized spacial score (nSPS) is 10.1. The van der Waals surface area contributed by atoms with Crippen molar-refractivity contribution in [1.82, 2.24) is 0 Å². The molecule has 13 heteroatoms. The lowest BCUT2D eigenvalue weighted by Gasteiger charge is -2.04. The van der Waals surface area contributed by atoms with Crippen LogP contribution in [0.15, 0.2) is 71.6 Å². The number of carbonyl (C=O) groups is 2. The van der Waals surface area contributed by atoms with Crippen molar-refractivity contribution >= 4 is 68.5 Å². The Hall–Kier alpha value is -2.53. The molecular formula is C21H16Cl4O8S. The van der Waals surface area contributed by atoms with Gasteiger partial charge in [0, 0.05) is 10.0 Å². The number of carboxylic acid groups (broad SMARTS) is 2. The van der Waals surface area contributed by atoms with Crippen molar-refractivity contribution in [3.63, 3.8) is 0 Å². The zero-order valence-electron chi connectivity index (χ0n) is 16.9. The van der Waals surface area contributed by atoms with Gasteiger partial charge in [0.1, 0.15) is 5.75 Å². The Labute approximate surface area is 215 Å². The molecule has 182 valence electrons. The van der Waals surface area contributed by atoms with E-state index in [0.717, 1.165) is 0 Å². The maximum atomic E-state index is 10.4. The SMILES string of the molecule is O=C(O)COc1ccc(Cl)cc1Cl.O=C(O)c1ccc(Cl)cc1Cl.O=S(=O)(O)c1ccccc1. The highest BCUT2D eigenvalue weighted by molar-refractivity contribution is 7.85. The van der Waals surface area contributed by atoms with Gasteiger partial charge >= 0.3 is 11.9 Å². The van der Waals surface area contributed by atoms with Crippen LogP contribution in [0.4, 0.5) is 0 Å². The molecule has 0 heterocycles. The summed E-state index contributed by atoms with van der Waals surface area (Å²) in [6.07, 6.45) is 0. The lowest BCUT2D eigenvalue weighted by atomic mass is 10.2. The molecule has 0 saturated carbocycles. The van der Waals surface area contributed by atoms with E-state index in [2.05, 4.69) is 0 Å². The second kappa shape index (κ2) is 14.0. The summed E-state index contributed by atoms with van der Waals surface area (Å²) in [5.41, 5.74) is 0.0658. The second-order valence-corrected chi connectivity index (χ2v) is 9.08. The van der Waals surface area contributed by atoms with Gasteiger partial charge in [0.2, 0.25) is 0 Å². The van der Waals surface area contributed by atoms with Crippen molar-refractivity contribution in [2.75, 3.05) is 6.61 Å². The fourth-order valence-electron chi connectivity index (χ4n) is 1.99. The Kier molecular flexibility index (Phi) is 12.2. The maximum Gasteiger partial charge on any atom is 0.341 e. The van der Waals surface area contributed by atoms with Crippen LogP contribution >= 0.6 is 46.4 Å². The molecule has 0 unspecified atom stereocenters. The third-order valence-electron chi connectivity index (χ3n) is 3.45. The molecule has 0 radical (unpaired) electrons. The summed E-state index contributed by atoms with van der Waals surface area (Å²) >= 11 is 22.4. The molecule has 0 atom stereocenters. The minimum atomic E-state index is -4.00. The van der Waals surface area contributed by atoms with Crippen molar-refractivity contribution in [1.29, 1.82) is 0 Å². The fraction of sp³-hybridized carbons (Fsp3) is 0.0476. The second-order valence-electron chi connectivity index (χ2n) is 5.97. The zero-order valence-corrected chi connectivity index (χ0v) is 20.7. The Bertz CT molecular complexity index is 1230. The number of aromatic carboxylic acids is 1. The van der Waals surface area contributed by atoms with E-state index < -0.39 is 28.7 Å². The number of benzene rings is 3. The van der Waals surface area contributed by atoms with Gasteiger partial charge < -0.3 is 14.9 Å². The Morgan fingerprint density at radius 2 is 1.32 bits per heavy atom. The number of aliphatic carboxylic acids is 1. The molecule has 0 bridgehead atoms. The van der Waals surface area contributed by atoms with Gasteiger partial charge in [-0.05, 0) is 48.5 Å². The highest BCUT2D eigenvalue weighted by atomic mass is 35.5. The van der Waals surface area contributed by atoms with Crippen molar-refractivity contribution in [3.8, 4) is 5.75 Å². The van der Waals surface area contributed by atoms with Gasteiger partial charge in [0.25, 0.3) is 10.1 Å². The van der Waals surface area contributed by atoms with Crippen LogP contribution in [0.2, 0.25) is 20.1 Å². The topological polar surface area (TPSA) is 138 Å². The lowest BCUT2D eigenvalue weighted by molar-refractivity contribution is -0.139. The van der Waals surface area contributed by atoms with Crippen LogP contribution in [0.3, 0.4) is 0 Å². The molecule has 0 saturated heterocycles. The molecule has 34 heavy (non-hydrogen) atoms. The third-order valence-corrected chi connectivity index (χ3v) is 5.39. The highest BCUT2D eigenvalue weighted by Gasteiger charge is 2.07. The molecule has 0 fully saturated rings. The van der Waals surface area contributed by atoms with E-state index in [1.54, 1.807) is 24.3 Å². The van der Waals surface area contributed by atoms with Crippen molar-refractivity contribution in [2.45, 2.75) is 4.90 Å². The molecule has 3 aromatic rings. The number of hydrogen-bond acceptors (Lipinski definition) is 5. The monoisotopic (exact) mass is 568 g/mol. The minimum Gasteiger partial charge on any atom is -0.480 e. The Morgan fingerprint density at radius 3 is 1.74 bits per heavy atom. The van der Waals surface area contributed by atoms with Crippen LogP contribution in [0.25, 0.3) is 0 Å². The number of halogens is 4. The number of rotatable bonds is 5. The summed E-state index contributed by atoms with van der Waals surface area (Å²) in [5, 5.41) is 18.2. The predicted molar refractivity (Wildman–Crippen MR) is 129 cm³/mol. The van der Waals surface area contributed by atoms with Gasteiger partial charge in [-0.2, -0.15) is 8.42 Å². The Balaban J connectivity index is 0.000000257. The van der Waals surface area contributed by atoms with E-state index in [4.69, 9.17) is 65.9 Å². The first-order chi connectivity index (χ1) is 15.8. The average molecular weight is 570 g/mol. The minimum absolute atomic E-state index is 0.0658. The third kappa shape index (κ3) is 11.1. The van der Waals surface area contributed by atoms with E-state index >= 15 is 0 Å². The van der Waals surface area contributed by atoms with E-state index in [-0.39, 0.29) is 15.5 Å². The molecular weight excluding hydrogens is 554 g/mol. The lowest BCUT2D eigenvalue weighted by Crippen LogP contribution is -2.09. The molecule has 8 nitrogen and oxygen atoms in total. The van der Waals surface area contributed by atoms with Crippen LogP contribution in [-0.2, 0) is 14.9 Å². The number of carboxylic acids is 2. The molecule has 0 spiro atoms. The summed E-state index contributed by atoms with van der Waals surface area (Å²) in [6.45, 7) is -0.415. The smallest absolute Gasteiger partial charge is 0.341 e. The van der Waals surface area contributed by atoms with Crippen LogP contribution in [0, 0.1) is 0 Å². The Morgan fingerprint density at radius 1 is 0.794 bits per heavy atom. The van der Waals surface area contributed by atoms with Crippen molar-refractivity contribution in [3.05, 3.63) is 92.4 Å². The molecule has 0 amide bonds. The standard InChI is InChI=1S/C8H6Cl2O3.C7H4Cl2O2.C6H6O3S/c9-5-1-2-7(6(10)3-5)13-4-8(11)12;8-4-1-2-5(7(10)11)6(9)3-4;7-10(8,9)6-4-2-1-3-5-6/h1-3H,4H2,(H,11,12);1-3H,(H,10,11);1-5H,(H,7,8,9). The molecule has 0 aliphatic carbocycles. The van der Waals surface area contributed by atoms with Gasteiger partial charge in [0.15, 0.2) is 6.61 Å². The largest absolute Gasteiger partial charge is 0.480 e. The van der Waals surface area contributed by atoms with Gasteiger partial charge in [-0.3, -0.25) is 4.55 Å². The molecule has 0 aliphatic heterocycles. The van der Waals surface area contributed by atoms with Gasteiger partial charge in [0.05, 0.1) is 20.5 Å². The van der Waals surface area contributed by atoms with Crippen molar-refractivity contribution < 1.29 is 37.5 Å². The summed E-state index contributed by atoms with van der Waals surface area (Å²) in [7, 11) is -4.00. The van der Waals surface area contributed by atoms with Crippen molar-refractivity contribution in [2.24, 2.45) is 0 Å². The molecule has 0 aliphatic rings. The summed E-state index contributed by atoms with van der Waals surface area (Å²) < 4.78 is 34.1. The first-order valence-electron chi connectivity index (χ1n) is 8.81. The molecule has 0 aromatic heterocycles. The fourth-order valence-corrected chi connectivity index (χ4v) is 3.44. The summed E-state index contributed by atoms with van der Waals surface area (Å²) in [6, 6.07) is 16.3. The number of ether oxygens (including phenoxy) is 1. The van der Waals surface area contributed by atoms with Crippen LogP contribution < -0.4 is 4.74 Å². The van der Waals surface area contributed by atoms with E-state index in [1.165, 1.54) is 42.5 Å². The van der Waals surface area contributed by atoms with Crippen LogP contribution in [0.5, 0.6) is 5.75 Å². The quantitative estimate of drug-likeness (QED) is 0.314. The van der Waals surface area contributed by atoms with Gasteiger partial charge in [-0.25, -0.2) is 9.59 Å². The summed E-state index contributed by atoms with van der Waals surface area (Å²) in [5.74, 6) is -1.79. The van der Waals surface area contributed by atoms with E-state index in [1.807, 2.05) is 0 Å². The first-order valence-corrected chi connectivity index (χ1v) is 11.8. The van der Waals surface area contributed by atoms with E-state index in [9.17, 15) is 18.0 Å². The molecule has 3 N–H and O–H groups in total. The zero-order chi connectivity index (χ0) is 25.9. The maximum absolute atomic E-state index is 10.4. The summed E-state index contributed by atoms with van der Waals surface area (Å²) in [4.78, 5) is 20.5. The highest BCUT2D eigenvalue weighted by Crippen LogP contribution is 2.27. The van der Waals surface area contributed by atoms with Crippen LogP contribution in [0.1, 0.15) is 10.4 Å². The first kappa shape index (κ1) is 29.5. The van der Waals surface area contributed by atoms with Gasteiger partial charge in [-0.15, -0.1) is 0 Å². The number of hydrogen-bond donors (Lipinski definition) is 3. The molecule has 3 aromatic carbocycles. The van der Waals surface area contributed by atoms with Gasteiger partial charge in [-0.1, -0.05) is 64.6 Å². The average Bonchev–Trinajstić information content (AvgIpc) is 2.74. The van der Waals surface area contributed by atoms with Crippen LogP contribution in [-0.4, -0.2) is 41.7 Å². The molecule has 3 rings (SSSR count). The van der Waals surface area contributed by atoms with E-state index in [0.29, 0.717) is 20.8 Å².